The topological polar surface area (TPSA) is 12.4 Å². The summed E-state index contributed by atoms with van der Waals surface area (Å²) in [5.41, 5.74) is 4.70. The number of hydrogen-bond donors (Lipinski definition) is 0. The van der Waals surface area contributed by atoms with E-state index in [0.717, 1.165) is 12.3 Å². The number of hydrogen-bond acceptors (Lipinski definition) is 1. The minimum absolute atomic E-state index is 0.0228. The molecule has 0 radical (unpaired) electrons. The molecule has 1 aliphatic heterocycles. The Morgan fingerprint density at radius 1 is 1.05 bits per heavy atom. The SMILES string of the molecule is CC1(C)N=C[C@]2(C3CCCCC3)C1=CCc1ccccc12. The van der Waals surface area contributed by atoms with Gasteiger partial charge in [-0.15, -0.1) is 0 Å². The molecular weight excluding hydrogens is 254 g/mol. The average molecular weight is 279 g/mol. The van der Waals surface area contributed by atoms with Crippen molar-refractivity contribution in [1.29, 1.82) is 0 Å². The van der Waals surface area contributed by atoms with E-state index in [-0.39, 0.29) is 11.0 Å². The highest BCUT2D eigenvalue weighted by Gasteiger charge is 2.52. The van der Waals surface area contributed by atoms with Crippen LogP contribution in [0.15, 0.2) is 40.9 Å². The van der Waals surface area contributed by atoms with E-state index in [1.807, 2.05) is 0 Å². The first-order valence-electron chi connectivity index (χ1n) is 8.50. The number of allylic oxidation sites excluding steroid dienone is 1. The van der Waals surface area contributed by atoms with Crippen molar-refractivity contribution in [1.82, 2.24) is 0 Å². The van der Waals surface area contributed by atoms with Crippen molar-refractivity contribution in [2.24, 2.45) is 10.9 Å². The van der Waals surface area contributed by atoms with Crippen molar-refractivity contribution in [2.45, 2.75) is 63.3 Å². The standard InChI is InChI=1S/C20H25N/c1-19(2)18-13-12-15-8-6-7-11-17(15)20(18,14-21-19)16-9-4-3-5-10-16/h6-8,11,13-14,16H,3-5,9-10,12H2,1-2H3/t20-/m1/s1. The summed E-state index contributed by atoms with van der Waals surface area (Å²) in [5, 5.41) is 0. The van der Waals surface area contributed by atoms with Crippen molar-refractivity contribution < 1.29 is 0 Å². The molecular formula is C20H25N. The lowest BCUT2D eigenvalue weighted by molar-refractivity contribution is 0.283. The molecule has 0 N–H and O–H groups in total. The van der Waals surface area contributed by atoms with Gasteiger partial charge in [0.2, 0.25) is 0 Å². The third-order valence-corrected chi connectivity index (χ3v) is 5.93. The monoisotopic (exact) mass is 279 g/mol. The highest BCUT2D eigenvalue weighted by molar-refractivity contribution is 5.86. The fourth-order valence-electron chi connectivity index (χ4n) is 4.96. The molecule has 1 aromatic rings. The summed E-state index contributed by atoms with van der Waals surface area (Å²) in [6, 6.07) is 9.08. The Bertz CT molecular complexity index is 616. The Labute approximate surface area is 128 Å². The summed E-state index contributed by atoms with van der Waals surface area (Å²) < 4.78 is 0. The van der Waals surface area contributed by atoms with Gasteiger partial charge in [-0.1, -0.05) is 49.6 Å². The van der Waals surface area contributed by atoms with Gasteiger partial charge in [0.25, 0.3) is 0 Å². The first kappa shape index (κ1) is 13.3. The Morgan fingerprint density at radius 2 is 1.81 bits per heavy atom. The molecule has 0 aromatic heterocycles. The van der Waals surface area contributed by atoms with Crippen LogP contribution in [0.25, 0.3) is 0 Å². The maximum absolute atomic E-state index is 4.97. The van der Waals surface area contributed by atoms with E-state index < -0.39 is 0 Å². The van der Waals surface area contributed by atoms with Crippen LogP contribution in [0.1, 0.15) is 57.1 Å². The molecule has 1 aromatic carbocycles. The zero-order valence-corrected chi connectivity index (χ0v) is 13.2. The first-order valence-corrected chi connectivity index (χ1v) is 8.50. The van der Waals surface area contributed by atoms with Gasteiger partial charge in [-0.2, -0.15) is 0 Å². The Kier molecular flexibility index (Phi) is 2.89. The number of fused-ring (bicyclic) bond motifs is 3. The Hall–Kier alpha value is -1.37. The maximum Gasteiger partial charge on any atom is 0.0769 e. The van der Waals surface area contributed by atoms with Gasteiger partial charge < -0.3 is 0 Å². The van der Waals surface area contributed by atoms with E-state index in [1.54, 1.807) is 11.1 Å². The Balaban J connectivity index is 1.91. The van der Waals surface area contributed by atoms with Gasteiger partial charge in [-0.05, 0) is 55.7 Å². The molecule has 0 unspecified atom stereocenters. The van der Waals surface area contributed by atoms with Gasteiger partial charge in [-0.3, -0.25) is 4.99 Å². The van der Waals surface area contributed by atoms with Crippen molar-refractivity contribution in [3.63, 3.8) is 0 Å². The lowest BCUT2D eigenvalue weighted by Gasteiger charge is -2.45. The van der Waals surface area contributed by atoms with Crippen LogP contribution in [0.3, 0.4) is 0 Å². The van der Waals surface area contributed by atoms with Crippen molar-refractivity contribution in [3.05, 3.63) is 47.0 Å². The molecule has 0 amide bonds. The van der Waals surface area contributed by atoms with Gasteiger partial charge in [0.05, 0.1) is 11.0 Å². The van der Waals surface area contributed by atoms with Crippen LogP contribution < -0.4 is 0 Å². The zero-order valence-electron chi connectivity index (χ0n) is 13.2. The third-order valence-electron chi connectivity index (χ3n) is 5.93. The van der Waals surface area contributed by atoms with E-state index in [0.29, 0.717) is 0 Å². The predicted octanol–water partition coefficient (Wildman–Crippen LogP) is 4.85. The molecule has 4 rings (SSSR count). The molecule has 1 fully saturated rings. The quantitative estimate of drug-likeness (QED) is 0.652. The lowest BCUT2D eigenvalue weighted by atomic mass is 9.57. The third kappa shape index (κ3) is 1.79. The molecule has 1 heteroatoms. The maximum atomic E-state index is 4.97. The normalized spacial score (nSPS) is 30.7. The summed E-state index contributed by atoms with van der Waals surface area (Å²) in [7, 11) is 0. The minimum atomic E-state index is -0.0228. The van der Waals surface area contributed by atoms with E-state index in [9.17, 15) is 0 Å². The van der Waals surface area contributed by atoms with Gasteiger partial charge >= 0.3 is 0 Å². The summed E-state index contributed by atoms with van der Waals surface area (Å²) in [6.45, 7) is 4.57. The van der Waals surface area contributed by atoms with Crippen LogP contribution in [0.4, 0.5) is 0 Å². The number of aliphatic imine (C=N–C) groups is 1. The van der Waals surface area contributed by atoms with Crippen LogP contribution in [0.5, 0.6) is 0 Å². The molecule has 21 heavy (non-hydrogen) atoms. The molecule has 2 aliphatic carbocycles. The smallest absolute Gasteiger partial charge is 0.0769 e. The minimum Gasteiger partial charge on any atom is -0.286 e. The summed E-state index contributed by atoms with van der Waals surface area (Å²) in [5.74, 6) is 0.740. The molecule has 1 atom stereocenters. The molecule has 1 heterocycles. The highest BCUT2D eigenvalue weighted by Crippen LogP contribution is 2.54. The van der Waals surface area contributed by atoms with Crippen LogP contribution in [0.2, 0.25) is 0 Å². The van der Waals surface area contributed by atoms with Crippen LogP contribution in [0, 0.1) is 5.92 Å². The largest absolute Gasteiger partial charge is 0.286 e. The number of benzene rings is 1. The van der Waals surface area contributed by atoms with Crippen LogP contribution in [-0.4, -0.2) is 11.8 Å². The van der Waals surface area contributed by atoms with E-state index in [2.05, 4.69) is 50.4 Å². The average Bonchev–Trinajstić information content (AvgIpc) is 2.81. The second-order valence-electron chi connectivity index (χ2n) is 7.50. The first-order chi connectivity index (χ1) is 10.1. The molecule has 0 bridgehead atoms. The molecule has 0 spiro atoms. The molecule has 1 saturated carbocycles. The van der Waals surface area contributed by atoms with Gasteiger partial charge in [0, 0.05) is 6.21 Å². The van der Waals surface area contributed by atoms with Gasteiger partial charge in [0.15, 0.2) is 0 Å². The van der Waals surface area contributed by atoms with E-state index >= 15 is 0 Å². The van der Waals surface area contributed by atoms with Crippen LogP contribution in [-0.2, 0) is 11.8 Å². The Morgan fingerprint density at radius 3 is 2.62 bits per heavy atom. The zero-order chi connectivity index (χ0) is 14.5. The predicted molar refractivity (Wildman–Crippen MR) is 89.1 cm³/mol. The fourth-order valence-corrected chi connectivity index (χ4v) is 4.96. The highest BCUT2D eigenvalue weighted by atomic mass is 14.9. The van der Waals surface area contributed by atoms with Crippen molar-refractivity contribution in [3.8, 4) is 0 Å². The molecule has 3 aliphatic rings. The lowest BCUT2D eigenvalue weighted by Crippen LogP contribution is -2.43. The van der Waals surface area contributed by atoms with E-state index in [4.69, 9.17) is 4.99 Å². The summed E-state index contributed by atoms with van der Waals surface area (Å²) >= 11 is 0. The summed E-state index contributed by atoms with van der Waals surface area (Å²) in [4.78, 5) is 4.97. The van der Waals surface area contributed by atoms with Gasteiger partial charge in [-0.25, -0.2) is 0 Å². The molecule has 0 saturated heterocycles. The molecule has 110 valence electrons. The van der Waals surface area contributed by atoms with Crippen molar-refractivity contribution >= 4 is 6.21 Å². The van der Waals surface area contributed by atoms with Crippen LogP contribution >= 0.6 is 0 Å². The number of nitrogens with zero attached hydrogens (tertiary/aromatic N) is 1. The fraction of sp³-hybridized carbons (Fsp3) is 0.550. The summed E-state index contributed by atoms with van der Waals surface area (Å²) in [6.07, 6.45) is 12.8. The van der Waals surface area contributed by atoms with E-state index in [1.165, 1.54) is 37.7 Å². The van der Waals surface area contributed by atoms with Crippen molar-refractivity contribution in [2.75, 3.05) is 0 Å². The molecule has 1 nitrogen and oxygen atoms in total. The van der Waals surface area contributed by atoms with Gasteiger partial charge in [0.1, 0.15) is 0 Å². The second kappa shape index (κ2) is 4.56. The second-order valence-corrected chi connectivity index (χ2v) is 7.50. The number of rotatable bonds is 1.